The van der Waals surface area contributed by atoms with Crippen molar-refractivity contribution in [3.05, 3.63) is 78.4 Å². The smallest absolute Gasteiger partial charge is 0.243 e. The molecule has 1 N–H and O–H groups in total. The van der Waals surface area contributed by atoms with Crippen LogP contribution in [0.1, 0.15) is 31.2 Å². The molecule has 0 saturated heterocycles. The molecule has 0 amide bonds. The van der Waals surface area contributed by atoms with Crippen LogP contribution in [0.3, 0.4) is 0 Å². The summed E-state index contributed by atoms with van der Waals surface area (Å²) in [6.45, 7) is 0.237. The quantitative estimate of drug-likeness (QED) is 0.321. The van der Waals surface area contributed by atoms with Crippen LogP contribution < -0.4 is 10.1 Å². The maximum Gasteiger partial charge on any atom is 0.243 e. The predicted octanol–water partition coefficient (Wildman–Crippen LogP) is 5.37. The maximum absolute atomic E-state index is 15.1. The lowest BCUT2D eigenvalue weighted by Crippen LogP contribution is -2.32. The number of sulfonamides is 1. The molecule has 1 heterocycles. The van der Waals surface area contributed by atoms with Crippen molar-refractivity contribution in [1.82, 2.24) is 14.3 Å². The van der Waals surface area contributed by atoms with Crippen molar-refractivity contribution in [2.75, 3.05) is 12.4 Å². The molecule has 9 heteroatoms. The Morgan fingerprint density at radius 1 is 1.00 bits per heavy atom. The summed E-state index contributed by atoms with van der Waals surface area (Å²) in [6, 6.07) is 17.8. The van der Waals surface area contributed by atoms with Crippen LogP contribution in [0.5, 0.6) is 5.75 Å². The molecule has 0 aliphatic heterocycles. The summed E-state index contributed by atoms with van der Waals surface area (Å²) < 4.78 is 48.8. The van der Waals surface area contributed by atoms with E-state index in [-0.39, 0.29) is 23.0 Å². The SMILES string of the molecule is COc1ccc(S(=O)(=O)N(Cc2cccc(-c3cc(F)c4ncnc(NC5CC5)c4c3)c2)C2CC2)cc1. The fourth-order valence-electron chi connectivity index (χ4n) is 4.51. The van der Waals surface area contributed by atoms with Gasteiger partial charge in [-0.15, -0.1) is 0 Å². The van der Waals surface area contributed by atoms with E-state index in [0.717, 1.165) is 36.8 Å². The van der Waals surface area contributed by atoms with E-state index in [1.807, 2.05) is 30.3 Å². The molecule has 0 radical (unpaired) electrons. The number of ether oxygens (including phenoxy) is 1. The van der Waals surface area contributed by atoms with E-state index < -0.39 is 15.8 Å². The van der Waals surface area contributed by atoms with E-state index in [2.05, 4.69) is 15.3 Å². The lowest BCUT2D eigenvalue weighted by Gasteiger charge is -2.22. The van der Waals surface area contributed by atoms with Gasteiger partial charge in [-0.25, -0.2) is 22.8 Å². The molecule has 0 bridgehead atoms. The molecule has 3 aromatic carbocycles. The second-order valence-electron chi connectivity index (χ2n) is 9.65. The lowest BCUT2D eigenvalue weighted by atomic mass is 10.0. The number of anilines is 1. The van der Waals surface area contributed by atoms with Crippen LogP contribution in [-0.4, -0.2) is 41.9 Å². The first-order valence-electron chi connectivity index (χ1n) is 12.4. The van der Waals surface area contributed by atoms with Gasteiger partial charge in [-0.2, -0.15) is 4.31 Å². The predicted molar refractivity (Wildman–Crippen MR) is 140 cm³/mol. The zero-order valence-corrected chi connectivity index (χ0v) is 21.2. The third kappa shape index (κ3) is 4.89. The summed E-state index contributed by atoms with van der Waals surface area (Å²) in [5.41, 5.74) is 2.61. The standard InChI is InChI=1S/C28H27FN4O3S/c1-36-23-9-11-24(12-10-23)37(34,35)33(22-7-8-22)16-18-3-2-4-19(13-18)20-14-25-27(26(29)15-20)30-17-31-28(25)32-21-5-6-21/h2-4,9-15,17,21-22H,5-8,16H2,1H3,(H,30,31,32). The molecule has 0 spiro atoms. The normalized spacial score (nSPS) is 15.8. The van der Waals surface area contributed by atoms with E-state index >= 15 is 4.39 Å². The molecule has 0 atom stereocenters. The zero-order valence-electron chi connectivity index (χ0n) is 20.4. The van der Waals surface area contributed by atoms with Crippen molar-refractivity contribution in [2.24, 2.45) is 0 Å². The van der Waals surface area contributed by atoms with Gasteiger partial charge >= 0.3 is 0 Å². The topological polar surface area (TPSA) is 84.4 Å². The summed E-state index contributed by atoms with van der Waals surface area (Å²) in [4.78, 5) is 8.73. The molecule has 2 saturated carbocycles. The van der Waals surface area contributed by atoms with Crippen molar-refractivity contribution in [1.29, 1.82) is 0 Å². The minimum absolute atomic E-state index is 0.0259. The first-order chi connectivity index (χ1) is 17.9. The fraction of sp³-hybridized carbons (Fsp3) is 0.286. The van der Waals surface area contributed by atoms with E-state index in [1.54, 1.807) is 35.7 Å². The summed E-state index contributed by atoms with van der Waals surface area (Å²) >= 11 is 0. The van der Waals surface area contributed by atoms with Crippen LogP contribution in [0.2, 0.25) is 0 Å². The number of benzene rings is 3. The molecular formula is C28H27FN4O3S. The van der Waals surface area contributed by atoms with Crippen LogP contribution in [-0.2, 0) is 16.6 Å². The first-order valence-corrected chi connectivity index (χ1v) is 13.8. The van der Waals surface area contributed by atoms with Crippen molar-refractivity contribution in [2.45, 2.75) is 49.2 Å². The Hall–Kier alpha value is -3.56. The minimum Gasteiger partial charge on any atom is -0.497 e. The van der Waals surface area contributed by atoms with Crippen LogP contribution in [0, 0.1) is 5.82 Å². The highest BCUT2D eigenvalue weighted by atomic mass is 32.2. The van der Waals surface area contributed by atoms with Gasteiger partial charge in [0.25, 0.3) is 0 Å². The van der Waals surface area contributed by atoms with Crippen molar-refractivity contribution >= 4 is 26.7 Å². The molecule has 0 unspecified atom stereocenters. The number of methoxy groups -OCH3 is 1. The summed E-state index contributed by atoms with van der Waals surface area (Å²) in [5.74, 6) is 0.823. The average Bonchev–Trinajstić information content (AvgIpc) is 3.84. The zero-order chi connectivity index (χ0) is 25.6. The second-order valence-corrected chi connectivity index (χ2v) is 11.5. The average molecular weight is 519 g/mol. The molecule has 2 aliphatic carbocycles. The van der Waals surface area contributed by atoms with Crippen LogP contribution in [0.15, 0.2) is 71.9 Å². The minimum atomic E-state index is -3.69. The van der Waals surface area contributed by atoms with Crippen LogP contribution >= 0.6 is 0 Å². The molecule has 7 nitrogen and oxygen atoms in total. The number of hydrogen-bond donors (Lipinski definition) is 1. The van der Waals surface area contributed by atoms with E-state index in [4.69, 9.17) is 4.74 Å². The van der Waals surface area contributed by atoms with Gasteiger partial charge in [0, 0.05) is 24.0 Å². The number of nitrogens with zero attached hydrogens (tertiary/aromatic N) is 3. The Balaban J connectivity index is 1.32. The van der Waals surface area contributed by atoms with Gasteiger partial charge in [0.2, 0.25) is 10.0 Å². The van der Waals surface area contributed by atoms with Crippen molar-refractivity contribution < 1.29 is 17.5 Å². The molecule has 4 aromatic rings. The molecule has 2 fully saturated rings. The third-order valence-electron chi connectivity index (χ3n) is 6.83. The Morgan fingerprint density at radius 3 is 2.49 bits per heavy atom. The highest BCUT2D eigenvalue weighted by Crippen LogP contribution is 2.36. The Morgan fingerprint density at radius 2 is 1.78 bits per heavy atom. The molecule has 6 rings (SSSR count). The van der Waals surface area contributed by atoms with Gasteiger partial charge in [-0.1, -0.05) is 18.2 Å². The molecule has 37 heavy (non-hydrogen) atoms. The maximum atomic E-state index is 15.1. The largest absolute Gasteiger partial charge is 0.497 e. The van der Waals surface area contributed by atoms with Gasteiger partial charge in [0.05, 0.1) is 12.0 Å². The number of halogens is 1. The summed E-state index contributed by atoms with van der Waals surface area (Å²) in [6.07, 6.45) is 5.20. The van der Waals surface area contributed by atoms with Gasteiger partial charge < -0.3 is 10.1 Å². The Labute approximate surface area is 215 Å². The van der Waals surface area contributed by atoms with Gasteiger partial charge in [-0.3, -0.25) is 0 Å². The molecular weight excluding hydrogens is 491 g/mol. The Kier molecular flexibility index (Phi) is 6.04. The number of rotatable bonds is 9. The first kappa shape index (κ1) is 23.8. The number of hydrogen-bond acceptors (Lipinski definition) is 6. The van der Waals surface area contributed by atoms with Crippen LogP contribution in [0.25, 0.3) is 22.0 Å². The summed E-state index contributed by atoms with van der Waals surface area (Å²) in [5, 5.41) is 4.00. The second kappa shape index (κ2) is 9.39. The number of aromatic nitrogens is 2. The lowest BCUT2D eigenvalue weighted by molar-refractivity contribution is 0.398. The monoisotopic (exact) mass is 518 g/mol. The molecule has 1 aromatic heterocycles. The van der Waals surface area contributed by atoms with Crippen molar-refractivity contribution in [3.63, 3.8) is 0 Å². The van der Waals surface area contributed by atoms with Crippen molar-refractivity contribution in [3.8, 4) is 16.9 Å². The number of nitrogens with one attached hydrogen (secondary N) is 1. The van der Waals surface area contributed by atoms with Gasteiger partial charge in [0.15, 0.2) is 0 Å². The molecule has 190 valence electrons. The van der Waals surface area contributed by atoms with Crippen LogP contribution in [0.4, 0.5) is 10.2 Å². The van der Waals surface area contributed by atoms with E-state index in [1.165, 1.54) is 12.4 Å². The summed E-state index contributed by atoms with van der Waals surface area (Å²) in [7, 11) is -2.14. The number of fused-ring (bicyclic) bond motifs is 1. The van der Waals surface area contributed by atoms with E-state index in [0.29, 0.717) is 28.6 Å². The van der Waals surface area contributed by atoms with Gasteiger partial charge in [-0.05, 0) is 84.8 Å². The van der Waals surface area contributed by atoms with Gasteiger partial charge in [0.1, 0.15) is 29.2 Å². The highest BCUT2D eigenvalue weighted by molar-refractivity contribution is 7.89. The molecule has 2 aliphatic rings. The fourth-order valence-corrected chi connectivity index (χ4v) is 6.19. The third-order valence-corrected chi connectivity index (χ3v) is 8.74. The highest BCUT2D eigenvalue weighted by Gasteiger charge is 2.38. The Bertz CT molecular complexity index is 1570. The van der Waals surface area contributed by atoms with E-state index in [9.17, 15) is 8.42 Å².